The van der Waals surface area contributed by atoms with Crippen molar-refractivity contribution in [2.75, 3.05) is 26.2 Å². The maximum Gasteiger partial charge on any atom is 0.252 e. The van der Waals surface area contributed by atoms with Gasteiger partial charge in [-0.1, -0.05) is 37.3 Å². The van der Waals surface area contributed by atoms with Crippen LogP contribution >= 0.6 is 0 Å². The van der Waals surface area contributed by atoms with Gasteiger partial charge in [0.1, 0.15) is 5.84 Å². The number of carbonyl (C=O) groups excluding carboxylic acids is 1. The molecule has 3 N–H and O–H groups in total. The molecule has 7 heteroatoms. The summed E-state index contributed by atoms with van der Waals surface area (Å²) in [5.41, 5.74) is 8.22. The van der Waals surface area contributed by atoms with E-state index in [2.05, 4.69) is 58.6 Å². The monoisotopic (exact) mass is 430 g/mol. The van der Waals surface area contributed by atoms with Crippen LogP contribution in [0.4, 0.5) is 0 Å². The van der Waals surface area contributed by atoms with Crippen LogP contribution in [0.3, 0.4) is 0 Å². The summed E-state index contributed by atoms with van der Waals surface area (Å²) in [6.45, 7) is 5.61. The Balaban J connectivity index is 1.22. The second-order valence-electron chi connectivity index (χ2n) is 9.45. The van der Waals surface area contributed by atoms with Gasteiger partial charge in [0.25, 0.3) is 5.91 Å². The number of nitrogens with one attached hydrogen (secondary N) is 1. The second-order valence-corrected chi connectivity index (χ2v) is 9.45. The number of nitriles is 1. The Morgan fingerprint density at radius 3 is 2.84 bits per heavy atom. The maximum absolute atomic E-state index is 12.0. The topological polar surface area (TPSA) is 97.8 Å². The number of hydrogen-bond acceptors (Lipinski definition) is 6. The van der Waals surface area contributed by atoms with E-state index in [1.54, 1.807) is 0 Å². The Labute approximate surface area is 189 Å². The van der Waals surface area contributed by atoms with E-state index in [-0.39, 0.29) is 23.8 Å². The van der Waals surface area contributed by atoms with Gasteiger partial charge >= 0.3 is 0 Å². The van der Waals surface area contributed by atoms with Gasteiger partial charge < -0.3 is 16.0 Å². The lowest BCUT2D eigenvalue weighted by Gasteiger charge is -2.43. The number of amidine groups is 1. The summed E-state index contributed by atoms with van der Waals surface area (Å²) >= 11 is 0. The molecule has 5 rings (SSSR count). The lowest BCUT2D eigenvalue weighted by atomic mass is 9.88. The molecule has 5 unspecified atom stereocenters. The van der Waals surface area contributed by atoms with E-state index in [0.29, 0.717) is 17.7 Å². The third-order valence-electron chi connectivity index (χ3n) is 7.15. The summed E-state index contributed by atoms with van der Waals surface area (Å²) < 4.78 is 0. The van der Waals surface area contributed by atoms with Gasteiger partial charge in [-0.15, -0.1) is 0 Å². The van der Waals surface area contributed by atoms with E-state index in [1.165, 1.54) is 5.57 Å². The summed E-state index contributed by atoms with van der Waals surface area (Å²) in [7, 11) is 0. The molecule has 2 saturated heterocycles. The van der Waals surface area contributed by atoms with Crippen molar-refractivity contribution in [1.82, 2.24) is 15.1 Å². The van der Waals surface area contributed by atoms with Gasteiger partial charge in [0, 0.05) is 56.0 Å². The van der Waals surface area contributed by atoms with E-state index in [1.807, 2.05) is 12.2 Å². The zero-order chi connectivity index (χ0) is 22.2. The van der Waals surface area contributed by atoms with Crippen LogP contribution in [0, 0.1) is 23.2 Å². The molecular weight excluding hydrogens is 400 g/mol. The quantitative estimate of drug-likeness (QED) is 0.707. The van der Waals surface area contributed by atoms with Crippen molar-refractivity contribution in [2.45, 2.75) is 37.9 Å². The normalized spacial score (nSPS) is 33.8. The predicted octanol–water partition coefficient (Wildman–Crippen LogP) is 1.64. The molecule has 0 aromatic heterocycles. The third-order valence-corrected chi connectivity index (χ3v) is 7.15. The first-order chi connectivity index (χ1) is 15.5. The fourth-order valence-corrected chi connectivity index (χ4v) is 5.63. The van der Waals surface area contributed by atoms with E-state index in [9.17, 15) is 10.1 Å². The predicted molar refractivity (Wildman–Crippen MR) is 124 cm³/mol. The number of hydrogen-bond donors (Lipinski definition) is 2. The minimum atomic E-state index is -0.372. The molecule has 0 aromatic rings. The Morgan fingerprint density at radius 2 is 2.12 bits per heavy atom. The summed E-state index contributed by atoms with van der Waals surface area (Å²) in [5.74, 6) is 0.924. The number of primary amides is 1. The number of fused-ring (bicyclic) bond motifs is 3. The number of likely N-dealkylation sites (tertiary alicyclic amines) is 1. The van der Waals surface area contributed by atoms with Crippen LogP contribution in [0.25, 0.3) is 0 Å². The average Bonchev–Trinajstić information content (AvgIpc) is 3.30. The number of nitrogens with zero attached hydrogens (tertiary/aromatic N) is 4. The second kappa shape index (κ2) is 8.44. The van der Waals surface area contributed by atoms with E-state index in [0.717, 1.165) is 50.4 Å². The molecule has 4 heterocycles. The number of piperazine rings is 1. The number of aliphatic imine (C=N–C) groups is 1. The van der Waals surface area contributed by atoms with Crippen LogP contribution in [-0.4, -0.2) is 65.8 Å². The molecule has 5 atom stereocenters. The first-order valence-electron chi connectivity index (χ1n) is 11.5. The first kappa shape index (κ1) is 20.8. The number of rotatable bonds is 4. The van der Waals surface area contributed by atoms with Gasteiger partial charge in [0.2, 0.25) is 0 Å². The van der Waals surface area contributed by atoms with E-state index in [4.69, 9.17) is 10.7 Å². The highest BCUT2D eigenvalue weighted by molar-refractivity contribution is 6.20. The maximum atomic E-state index is 12.0. The van der Waals surface area contributed by atoms with Gasteiger partial charge in [0.15, 0.2) is 0 Å². The average molecular weight is 431 g/mol. The van der Waals surface area contributed by atoms with E-state index < -0.39 is 0 Å². The van der Waals surface area contributed by atoms with Crippen molar-refractivity contribution in [3.8, 4) is 6.07 Å². The molecule has 7 nitrogen and oxygen atoms in total. The lowest BCUT2D eigenvalue weighted by Crippen LogP contribution is -2.57. The summed E-state index contributed by atoms with van der Waals surface area (Å²) in [4.78, 5) is 21.7. The number of nitrogens with two attached hydrogens (primary N) is 1. The molecule has 4 aliphatic heterocycles. The zero-order valence-electron chi connectivity index (χ0n) is 18.4. The van der Waals surface area contributed by atoms with Crippen molar-refractivity contribution in [3.63, 3.8) is 0 Å². The number of carbonyl (C=O) groups is 1. The Kier molecular flexibility index (Phi) is 5.48. The fraction of sp³-hybridized carbons (Fsp3) is 0.480. The summed E-state index contributed by atoms with van der Waals surface area (Å²) in [5, 5.41) is 12.6. The fourth-order valence-electron chi connectivity index (χ4n) is 5.63. The molecule has 0 radical (unpaired) electrons. The third kappa shape index (κ3) is 3.80. The molecule has 0 saturated carbocycles. The SMILES string of the molecule is CC1C=C(C(N)=O)C(N2C3CCC2CN(C/C=C/C2=CNC4C=CC(C#N)=CC24)C3)=NC1. The standard InChI is InChI=1S/C25H30N6O/c1-16-9-22(24(27)32)25(29-12-16)31-19-5-6-20(31)15-30(14-19)8-2-3-18-13-28-23-7-4-17(11-26)10-21(18)23/h2-4,7,9-10,13,16,19-21,23,28H,5-6,8,12,14-15H2,1H3,(H2,27,32)/b3-2+. The van der Waals surface area contributed by atoms with Crippen LogP contribution < -0.4 is 11.1 Å². The molecule has 1 aliphatic carbocycles. The highest BCUT2D eigenvalue weighted by Gasteiger charge is 2.43. The smallest absolute Gasteiger partial charge is 0.252 e. The highest BCUT2D eigenvalue weighted by Crippen LogP contribution is 2.33. The molecule has 1 amide bonds. The molecule has 2 fully saturated rings. The molecule has 32 heavy (non-hydrogen) atoms. The van der Waals surface area contributed by atoms with Gasteiger partial charge in [-0.25, -0.2) is 0 Å². The highest BCUT2D eigenvalue weighted by atomic mass is 16.1. The zero-order valence-corrected chi connectivity index (χ0v) is 18.4. The lowest BCUT2D eigenvalue weighted by molar-refractivity contribution is -0.114. The van der Waals surface area contributed by atoms with Crippen LogP contribution in [0.2, 0.25) is 0 Å². The van der Waals surface area contributed by atoms with Crippen molar-refractivity contribution < 1.29 is 4.79 Å². The minimum Gasteiger partial charge on any atom is -0.384 e. The van der Waals surface area contributed by atoms with Crippen LogP contribution in [0.5, 0.6) is 0 Å². The van der Waals surface area contributed by atoms with Crippen molar-refractivity contribution in [2.24, 2.45) is 22.6 Å². The Morgan fingerprint density at radius 1 is 1.34 bits per heavy atom. The van der Waals surface area contributed by atoms with Crippen LogP contribution in [0.1, 0.15) is 19.8 Å². The van der Waals surface area contributed by atoms with Crippen molar-refractivity contribution in [1.29, 1.82) is 5.26 Å². The molecule has 5 aliphatic rings. The minimum absolute atomic E-state index is 0.227. The van der Waals surface area contributed by atoms with Gasteiger partial charge in [-0.05, 0) is 30.4 Å². The summed E-state index contributed by atoms with van der Waals surface area (Å²) in [6.07, 6.45) is 16.7. The summed E-state index contributed by atoms with van der Waals surface area (Å²) in [6, 6.07) is 3.24. The van der Waals surface area contributed by atoms with Gasteiger partial charge in [-0.3, -0.25) is 14.7 Å². The molecule has 166 valence electrons. The van der Waals surface area contributed by atoms with Crippen LogP contribution in [0.15, 0.2) is 64.4 Å². The molecule has 0 aromatic carbocycles. The number of allylic oxidation sites excluding steroid dienone is 3. The Bertz CT molecular complexity index is 1010. The first-order valence-corrected chi connectivity index (χ1v) is 11.5. The molecule has 2 bridgehead atoms. The van der Waals surface area contributed by atoms with Crippen LogP contribution in [-0.2, 0) is 4.79 Å². The number of amides is 1. The van der Waals surface area contributed by atoms with Gasteiger partial charge in [0.05, 0.1) is 17.7 Å². The van der Waals surface area contributed by atoms with Crippen molar-refractivity contribution in [3.05, 3.63) is 59.4 Å². The molecular formula is C25H30N6O. The largest absolute Gasteiger partial charge is 0.384 e. The number of dihydropyridines is 1. The van der Waals surface area contributed by atoms with Crippen molar-refractivity contribution >= 4 is 11.7 Å². The van der Waals surface area contributed by atoms with Gasteiger partial charge in [-0.2, -0.15) is 5.26 Å². The Hall–Kier alpha value is -3.11. The molecule has 0 spiro atoms. The van der Waals surface area contributed by atoms with E-state index >= 15 is 0 Å².